The number of amides is 2. The smallest absolute Gasteiger partial charge is 0.262 e. The van der Waals surface area contributed by atoms with Crippen LogP contribution in [-0.4, -0.2) is 31.7 Å². The first-order chi connectivity index (χ1) is 13.9. The molecule has 3 rings (SSSR count). The van der Waals surface area contributed by atoms with Crippen LogP contribution in [0, 0.1) is 5.92 Å². The SMILES string of the molecule is O=C(/C=C/c1cccc(Oc2ccccc2)c1)NNC(=O)C[C@@H]1CCS(=O)(=O)C1. The largest absolute Gasteiger partial charge is 0.457 e. The third kappa shape index (κ3) is 6.76. The van der Waals surface area contributed by atoms with Crippen LogP contribution in [0.3, 0.4) is 0 Å². The van der Waals surface area contributed by atoms with Crippen molar-refractivity contribution in [2.45, 2.75) is 12.8 Å². The van der Waals surface area contributed by atoms with Gasteiger partial charge in [-0.2, -0.15) is 0 Å². The number of hydrogen-bond acceptors (Lipinski definition) is 5. The molecule has 0 aliphatic carbocycles. The molecule has 1 fully saturated rings. The van der Waals surface area contributed by atoms with Crippen LogP contribution in [0.15, 0.2) is 60.7 Å². The third-order valence-corrected chi connectivity index (χ3v) is 6.23. The van der Waals surface area contributed by atoms with Gasteiger partial charge >= 0.3 is 0 Å². The Morgan fingerprint density at radius 2 is 1.79 bits per heavy atom. The van der Waals surface area contributed by atoms with E-state index in [-0.39, 0.29) is 23.8 Å². The summed E-state index contributed by atoms with van der Waals surface area (Å²) in [6.45, 7) is 0. The molecule has 1 heterocycles. The molecule has 0 radical (unpaired) electrons. The molecule has 29 heavy (non-hydrogen) atoms. The van der Waals surface area contributed by atoms with Gasteiger partial charge in [-0.25, -0.2) is 8.42 Å². The number of hydrogen-bond donors (Lipinski definition) is 2. The fraction of sp³-hybridized carbons (Fsp3) is 0.238. The summed E-state index contributed by atoms with van der Waals surface area (Å²) in [7, 11) is -3.02. The minimum Gasteiger partial charge on any atom is -0.457 e. The van der Waals surface area contributed by atoms with Gasteiger partial charge in [-0.1, -0.05) is 30.3 Å². The lowest BCUT2D eigenvalue weighted by Crippen LogP contribution is -2.41. The fourth-order valence-corrected chi connectivity index (χ4v) is 4.86. The molecule has 1 aliphatic heterocycles. The number of carbonyl (C=O) groups excluding carboxylic acids is 2. The minimum atomic E-state index is -3.02. The van der Waals surface area contributed by atoms with Crippen molar-refractivity contribution in [3.05, 3.63) is 66.2 Å². The van der Waals surface area contributed by atoms with Gasteiger partial charge in [0.1, 0.15) is 11.5 Å². The lowest BCUT2D eigenvalue weighted by Gasteiger charge is -2.08. The Bertz CT molecular complexity index is 1000. The Balaban J connectivity index is 1.46. The summed E-state index contributed by atoms with van der Waals surface area (Å²) in [5.41, 5.74) is 5.36. The summed E-state index contributed by atoms with van der Waals surface area (Å²) >= 11 is 0. The number of para-hydroxylation sites is 1. The van der Waals surface area contributed by atoms with E-state index in [0.29, 0.717) is 17.9 Å². The van der Waals surface area contributed by atoms with Crippen molar-refractivity contribution in [2.24, 2.45) is 5.92 Å². The molecule has 1 aliphatic rings. The van der Waals surface area contributed by atoms with Gasteiger partial charge in [0.25, 0.3) is 5.91 Å². The summed E-state index contributed by atoms with van der Waals surface area (Å²) in [5.74, 6) is 0.393. The van der Waals surface area contributed by atoms with E-state index in [1.165, 1.54) is 6.08 Å². The van der Waals surface area contributed by atoms with Crippen molar-refractivity contribution >= 4 is 27.7 Å². The second-order valence-corrected chi connectivity index (χ2v) is 9.06. The van der Waals surface area contributed by atoms with Gasteiger partial charge in [0.2, 0.25) is 5.91 Å². The highest BCUT2D eigenvalue weighted by Crippen LogP contribution is 2.22. The molecule has 8 heteroatoms. The Labute approximate surface area is 169 Å². The number of benzene rings is 2. The number of carbonyl (C=O) groups is 2. The standard InChI is InChI=1S/C21H22N2O5S/c24-20(22-23-21(25)14-17-11-12-29(26,27)15-17)10-9-16-5-4-8-19(13-16)28-18-6-2-1-3-7-18/h1-10,13,17H,11-12,14-15H2,(H,22,24)(H,23,25)/b10-9+/t17-/m0/s1. The highest BCUT2D eigenvalue weighted by molar-refractivity contribution is 7.91. The Morgan fingerprint density at radius 3 is 2.52 bits per heavy atom. The van der Waals surface area contributed by atoms with Crippen LogP contribution in [0.5, 0.6) is 11.5 Å². The van der Waals surface area contributed by atoms with E-state index in [9.17, 15) is 18.0 Å². The maximum absolute atomic E-state index is 11.9. The first-order valence-electron chi connectivity index (χ1n) is 9.20. The first-order valence-corrected chi connectivity index (χ1v) is 11.0. The molecule has 0 aromatic heterocycles. The van der Waals surface area contributed by atoms with Crippen molar-refractivity contribution in [3.63, 3.8) is 0 Å². The maximum Gasteiger partial charge on any atom is 0.262 e. The van der Waals surface area contributed by atoms with Gasteiger partial charge in [0.15, 0.2) is 9.84 Å². The van der Waals surface area contributed by atoms with Gasteiger partial charge in [0, 0.05) is 12.5 Å². The van der Waals surface area contributed by atoms with Gasteiger partial charge in [0.05, 0.1) is 11.5 Å². The van der Waals surface area contributed by atoms with Crippen LogP contribution in [0.1, 0.15) is 18.4 Å². The summed E-state index contributed by atoms with van der Waals surface area (Å²) in [4.78, 5) is 23.7. The highest BCUT2D eigenvalue weighted by atomic mass is 32.2. The molecule has 0 bridgehead atoms. The van der Waals surface area contributed by atoms with Crippen molar-refractivity contribution < 1.29 is 22.7 Å². The van der Waals surface area contributed by atoms with Crippen molar-refractivity contribution in [1.29, 1.82) is 0 Å². The fourth-order valence-electron chi connectivity index (χ4n) is 3.00. The summed E-state index contributed by atoms with van der Waals surface area (Å²) in [5, 5.41) is 0. The molecule has 1 atom stereocenters. The van der Waals surface area contributed by atoms with Crippen LogP contribution >= 0.6 is 0 Å². The number of ether oxygens (including phenoxy) is 1. The van der Waals surface area contributed by atoms with E-state index in [0.717, 1.165) is 5.56 Å². The van der Waals surface area contributed by atoms with Crippen molar-refractivity contribution in [2.75, 3.05) is 11.5 Å². The first kappa shape index (κ1) is 20.6. The van der Waals surface area contributed by atoms with Gasteiger partial charge in [-0.15, -0.1) is 0 Å². The summed E-state index contributed by atoms with van der Waals surface area (Å²) < 4.78 is 28.6. The number of sulfone groups is 1. The van der Waals surface area contributed by atoms with Crippen molar-refractivity contribution in [1.82, 2.24) is 10.9 Å². The Kier molecular flexibility index (Phi) is 6.66. The summed E-state index contributed by atoms with van der Waals surface area (Å²) in [6, 6.07) is 16.6. The molecule has 0 unspecified atom stereocenters. The van der Waals surface area contributed by atoms with Gasteiger partial charge < -0.3 is 4.74 Å². The van der Waals surface area contributed by atoms with E-state index >= 15 is 0 Å². The lowest BCUT2D eigenvalue weighted by molar-refractivity contribution is -0.127. The number of nitrogens with one attached hydrogen (secondary N) is 2. The molecule has 2 aromatic carbocycles. The molecule has 152 valence electrons. The van der Waals surface area contributed by atoms with Crippen LogP contribution in [0.25, 0.3) is 6.08 Å². The van der Waals surface area contributed by atoms with E-state index in [4.69, 9.17) is 4.74 Å². The molecule has 7 nitrogen and oxygen atoms in total. The maximum atomic E-state index is 11.9. The normalized spacial score (nSPS) is 17.7. The average Bonchev–Trinajstić information content (AvgIpc) is 3.04. The monoisotopic (exact) mass is 414 g/mol. The van der Waals surface area contributed by atoms with Crippen molar-refractivity contribution in [3.8, 4) is 11.5 Å². The summed E-state index contributed by atoms with van der Waals surface area (Å²) in [6.07, 6.45) is 3.44. The second kappa shape index (κ2) is 9.38. The van der Waals surface area contributed by atoms with Crippen LogP contribution in [0.4, 0.5) is 0 Å². The quantitative estimate of drug-likeness (QED) is 0.559. The van der Waals surface area contributed by atoms with Gasteiger partial charge in [-0.3, -0.25) is 20.4 Å². The van der Waals surface area contributed by atoms with Crippen LogP contribution in [-0.2, 0) is 19.4 Å². The Hall–Kier alpha value is -3.13. The molecular formula is C21H22N2O5S. The van der Waals surface area contributed by atoms with E-state index in [2.05, 4.69) is 10.9 Å². The zero-order valence-electron chi connectivity index (χ0n) is 15.7. The topological polar surface area (TPSA) is 102 Å². The second-order valence-electron chi connectivity index (χ2n) is 6.83. The van der Waals surface area contributed by atoms with Crippen LogP contribution < -0.4 is 15.6 Å². The zero-order chi connectivity index (χ0) is 20.7. The van der Waals surface area contributed by atoms with E-state index in [1.54, 1.807) is 12.1 Å². The van der Waals surface area contributed by atoms with Gasteiger partial charge in [-0.05, 0) is 48.2 Å². The molecular weight excluding hydrogens is 392 g/mol. The predicted octanol–water partition coefficient (Wildman–Crippen LogP) is 2.46. The average molecular weight is 414 g/mol. The van der Waals surface area contributed by atoms with E-state index in [1.807, 2.05) is 48.5 Å². The molecule has 2 N–H and O–H groups in total. The minimum absolute atomic E-state index is 0.0235. The number of hydrazine groups is 1. The highest BCUT2D eigenvalue weighted by Gasteiger charge is 2.29. The molecule has 0 spiro atoms. The predicted molar refractivity (Wildman–Crippen MR) is 110 cm³/mol. The molecule has 2 aromatic rings. The molecule has 2 amide bonds. The lowest BCUT2D eigenvalue weighted by atomic mass is 10.1. The number of rotatable bonds is 6. The Morgan fingerprint density at radius 1 is 1.03 bits per heavy atom. The molecule has 0 saturated carbocycles. The third-order valence-electron chi connectivity index (χ3n) is 4.39. The molecule has 1 saturated heterocycles. The van der Waals surface area contributed by atoms with E-state index < -0.39 is 21.7 Å². The van der Waals surface area contributed by atoms with Crippen LogP contribution in [0.2, 0.25) is 0 Å². The zero-order valence-corrected chi connectivity index (χ0v) is 16.5.